The molecular formula is C8H15N3O3. The van der Waals surface area contributed by atoms with Gasteiger partial charge in [0, 0.05) is 18.4 Å². The first kappa shape index (κ1) is 12.6. The average Bonchev–Trinajstić information content (AvgIpc) is 2.67. The highest BCUT2D eigenvalue weighted by Gasteiger charge is 1.98. The van der Waals surface area contributed by atoms with Crippen LogP contribution >= 0.6 is 0 Å². The molecule has 14 heavy (non-hydrogen) atoms. The van der Waals surface area contributed by atoms with Gasteiger partial charge in [-0.15, -0.1) is 0 Å². The molecule has 0 spiro atoms. The molecule has 1 heterocycles. The molecular weight excluding hydrogens is 186 g/mol. The van der Waals surface area contributed by atoms with Crippen molar-refractivity contribution in [3.63, 3.8) is 0 Å². The number of nitrogens with zero attached hydrogens (tertiary/aromatic N) is 1. The number of H-pyrrole nitrogens is 1. The average molecular weight is 201 g/mol. The van der Waals surface area contributed by atoms with Crippen molar-refractivity contribution in [3.8, 4) is 0 Å². The van der Waals surface area contributed by atoms with Gasteiger partial charge in [-0.2, -0.15) is 0 Å². The van der Waals surface area contributed by atoms with Crippen LogP contribution in [-0.4, -0.2) is 39.3 Å². The van der Waals surface area contributed by atoms with Gasteiger partial charge in [0.1, 0.15) is 0 Å². The lowest BCUT2D eigenvalue weighted by Crippen LogP contribution is -2.02. The fourth-order valence-electron chi connectivity index (χ4n) is 0.663. The van der Waals surface area contributed by atoms with Gasteiger partial charge in [0.25, 0.3) is 0 Å². The van der Waals surface area contributed by atoms with Gasteiger partial charge < -0.3 is 20.9 Å². The zero-order valence-corrected chi connectivity index (χ0v) is 7.81. The van der Waals surface area contributed by atoms with E-state index >= 15 is 0 Å². The van der Waals surface area contributed by atoms with Gasteiger partial charge in [0.15, 0.2) is 0 Å². The topological polar surface area (TPSA) is 112 Å². The number of aromatic nitrogens is 2. The van der Waals surface area contributed by atoms with Crippen LogP contribution in [0.25, 0.3) is 0 Å². The van der Waals surface area contributed by atoms with Crippen LogP contribution in [0.3, 0.4) is 0 Å². The Morgan fingerprint density at radius 3 is 2.64 bits per heavy atom. The Morgan fingerprint density at radius 1 is 1.64 bits per heavy atom. The minimum absolute atomic E-state index is 0.0972. The monoisotopic (exact) mass is 201 g/mol. The quantitative estimate of drug-likeness (QED) is 0.518. The van der Waals surface area contributed by atoms with Crippen LogP contribution in [0.1, 0.15) is 12.1 Å². The van der Waals surface area contributed by atoms with Crippen molar-refractivity contribution in [1.82, 2.24) is 9.97 Å². The molecule has 80 valence electrons. The van der Waals surface area contributed by atoms with Crippen LogP contribution in [-0.2, 0) is 11.2 Å². The van der Waals surface area contributed by atoms with E-state index in [2.05, 4.69) is 9.97 Å². The minimum Gasteiger partial charge on any atom is -0.481 e. The van der Waals surface area contributed by atoms with Crippen LogP contribution in [0.2, 0.25) is 0 Å². The number of carboxylic acids is 1. The molecule has 0 amide bonds. The number of rotatable bonds is 4. The number of aliphatic hydroxyl groups excluding tert-OH is 1. The lowest BCUT2D eigenvalue weighted by atomic mass is 10.2. The van der Waals surface area contributed by atoms with E-state index in [1.807, 2.05) is 0 Å². The molecule has 0 saturated heterocycles. The van der Waals surface area contributed by atoms with E-state index in [4.69, 9.17) is 15.9 Å². The molecule has 0 aromatic carbocycles. The molecule has 0 aliphatic carbocycles. The Balaban J connectivity index is 0.000000364. The first-order chi connectivity index (χ1) is 6.70. The highest BCUT2D eigenvalue weighted by atomic mass is 16.4. The Labute approximate surface area is 81.8 Å². The summed E-state index contributed by atoms with van der Waals surface area (Å²) in [6.45, 7) is 0.472. The van der Waals surface area contributed by atoms with E-state index in [9.17, 15) is 4.79 Å². The summed E-state index contributed by atoms with van der Waals surface area (Å²) in [5.74, 6) is -0.783. The fraction of sp³-hybridized carbons (Fsp3) is 0.500. The van der Waals surface area contributed by atoms with E-state index in [0.717, 1.165) is 5.69 Å². The zero-order valence-electron chi connectivity index (χ0n) is 7.81. The number of aliphatic carboxylic acids is 1. The third-order valence-electron chi connectivity index (χ3n) is 1.29. The summed E-state index contributed by atoms with van der Waals surface area (Å²) in [5, 5.41) is 16.0. The van der Waals surface area contributed by atoms with Crippen LogP contribution < -0.4 is 5.73 Å². The van der Waals surface area contributed by atoms with Gasteiger partial charge in [-0.3, -0.25) is 4.79 Å². The number of hydrogen-bond donors (Lipinski definition) is 4. The number of aromatic amines is 1. The minimum atomic E-state index is -0.783. The second kappa shape index (κ2) is 8.21. The van der Waals surface area contributed by atoms with E-state index < -0.39 is 5.97 Å². The maximum atomic E-state index is 10.1. The predicted octanol–water partition coefficient (Wildman–Crippen LogP) is -0.636. The number of carbonyl (C=O) groups is 1. The molecule has 0 atom stereocenters. The maximum Gasteiger partial charge on any atom is 0.303 e. The standard InChI is InChI=1S/C6H8N2O2.C2H7NO/c9-6(10)2-1-5-3-7-4-8-5;3-1-2-4/h3-4H,1-2H2,(H,7,8)(H,9,10);4H,1-3H2. The summed E-state index contributed by atoms with van der Waals surface area (Å²) in [4.78, 5) is 16.6. The predicted molar refractivity (Wildman–Crippen MR) is 50.7 cm³/mol. The zero-order chi connectivity index (χ0) is 10.8. The normalized spacial score (nSPS) is 9.00. The summed E-state index contributed by atoms with van der Waals surface area (Å²) < 4.78 is 0. The van der Waals surface area contributed by atoms with Gasteiger partial charge in [-0.25, -0.2) is 4.98 Å². The largest absolute Gasteiger partial charge is 0.481 e. The highest BCUT2D eigenvalue weighted by molar-refractivity contribution is 5.66. The molecule has 0 fully saturated rings. The molecule has 1 rings (SSSR count). The Hall–Kier alpha value is -1.40. The third kappa shape index (κ3) is 7.26. The summed E-state index contributed by atoms with van der Waals surface area (Å²) in [6, 6.07) is 0. The van der Waals surface area contributed by atoms with Crippen molar-refractivity contribution >= 4 is 5.97 Å². The van der Waals surface area contributed by atoms with Crippen LogP contribution in [0, 0.1) is 0 Å². The smallest absolute Gasteiger partial charge is 0.303 e. The van der Waals surface area contributed by atoms with Gasteiger partial charge in [-0.05, 0) is 6.42 Å². The molecule has 6 heteroatoms. The molecule has 0 bridgehead atoms. The van der Waals surface area contributed by atoms with Crippen molar-refractivity contribution in [2.24, 2.45) is 5.73 Å². The third-order valence-corrected chi connectivity index (χ3v) is 1.29. The van der Waals surface area contributed by atoms with Crippen molar-refractivity contribution in [2.45, 2.75) is 12.8 Å². The maximum absolute atomic E-state index is 10.1. The number of hydrogen-bond acceptors (Lipinski definition) is 4. The first-order valence-corrected chi connectivity index (χ1v) is 4.20. The lowest BCUT2D eigenvalue weighted by Gasteiger charge is -1.89. The number of nitrogens with two attached hydrogens (primary N) is 1. The van der Waals surface area contributed by atoms with Crippen molar-refractivity contribution in [1.29, 1.82) is 0 Å². The van der Waals surface area contributed by atoms with Crippen molar-refractivity contribution < 1.29 is 15.0 Å². The second-order valence-electron chi connectivity index (χ2n) is 2.48. The first-order valence-electron chi connectivity index (χ1n) is 4.20. The summed E-state index contributed by atoms with van der Waals surface area (Å²) >= 11 is 0. The molecule has 0 unspecified atom stereocenters. The molecule has 0 aliphatic rings. The number of nitrogens with one attached hydrogen (secondary N) is 1. The van der Waals surface area contributed by atoms with Gasteiger partial charge >= 0.3 is 5.97 Å². The van der Waals surface area contributed by atoms with Crippen LogP contribution in [0.5, 0.6) is 0 Å². The Morgan fingerprint density at radius 2 is 2.29 bits per heavy atom. The van der Waals surface area contributed by atoms with E-state index in [1.165, 1.54) is 6.33 Å². The number of imidazole rings is 1. The number of aliphatic hydroxyl groups is 1. The van der Waals surface area contributed by atoms with Crippen LogP contribution in [0.15, 0.2) is 12.5 Å². The fourth-order valence-corrected chi connectivity index (χ4v) is 0.663. The van der Waals surface area contributed by atoms with E-state index in [0.29, 0.717) is 13.0 Å². The molecule has 0 aliphatic heterocycles. The molecule has 1 aromatic heterocycles. The van der Waals surface area contributed by atoms with E-state index in [1.54, 1.807) is 6.20 Å². The van der Waals surface area contributed by atoms with Gasteiger partial charge in [-0.1, -0.05) is 0 Å². The molecule has 0 radical (unpaired) electrons. The number of carboxylic acid groups (broad SMARTS) is 1. The lowest BCUT2D eigenvalue weighted by molar-refractivity contribution is -0.136. The summed E-state index contributed by atoms with van der Waals surface area (Å²) in [5.41, 5.74) is 5.64. The second-order valence-corrected chi connectivity index (χ2v) is 2.48. The van der Waals surface area contributed by atoms with Gasteiger partial charge in [0.05, 0.1) is 19.4 Å². The molecule has 5 N–H and O–H groups in total. The highest BCUT2D eigenvalue weighted by Crippen LogP contribution is 1.95. The Kier molecular flexibility index (Phi) is 7.39. The van der Waals surface area contributed by atoms with Gasteiger partial charge in [0.2, 0.25) is 0 Å². The van der Waals surface area contributed by atoms with Crippen molar-refractivity contribution in [3.05, 3.63) is 18.2 Å². The van der Waals surface area contributed by atoms with E-state index in [-0.39, 0.29) is 13.0 Å². The van der Waals surface area contributed by atoms with Crippen LogP contribution in [0.4, 0.5) is 0 Å². The number of aryl methyl sites for hydroxylation is 1. The Bertz CT molecular complexity index is 234. The van der Waals surface area contributed by atoms with Crippen molar-refractivity contribution in [2.75, 3.05) is 13.2 Å². The SMILES string of the molecule is NCCO.O=C(O)CCc1cnc[nH]1. The summed E-state index contributed by atoms with van der Waals surface area (Å²) in [7, 11) is 0. The molecule has 0 saturated carbocycles. The summed E-state index contributed by atoms with van der Waals surface area (Å²) in [6.07, 6.45) is 3.84. The molecule has 6 nitrogen and oxygen atoms in total. The molecule has 1 aromatic rings.